The maximum Gasteiger partial charge on any atom is 0.185 e. The van der Waals surface area contributed by atoms with E-state index < -0.39 is 23.4 Å². The van der Waals surface area contributed by atoms with Gasteiger partial charge in [0.15, 0.2) is 11.2 Å². The molecule has 1 saturated heterocycles. The first-order chi connectivity index (χ1) is 15.1. The van der Waals surface area contributed by atoms with Crippen LogP contribution in [0.2, 0.25) is 0 Å². The van der Waals surface area contributed by atoms with Crippen LogP contribution in [0.5, 0.6) is 0 Å². The minimum atomic E-state index is -1.40. The van der Waals surface area contributed by atoms with Gasteiger partial charge in [-0.3, -0.25) is 4.79 Å². The Bertz CT molecular complexity index is 1270. The van der Waals surface area contributed by atoms with Crippen LogP contribution in [0.4, 0.5) is 5.69 Å². The van der Waals surface area contributed by atoms with Crippen molar-refractivity contribution in [1.82, 2.24) is 0 Å². The summed E-state index contributed by atoms with van der Waals surface area (Å²) in [4.78, 5) is 16.8. The van der Waals surface area contributed by atoms with Gasteiger partial charge >= 0.3 is 0 Å². The Morgan fingerprint density at radius 3 is 2.39 bits per heavy atom. The summed E-state index contributed by atoms with van der Waals surface area (Å²) >= 11 is 4.98. The zero-order chi connectivity index (χ0) is 21.6. The lowest BCUT2D eigenvalue weighted by Gasteiger charge is -2.35. The van der Waals surface area contributed by atoms with Gasteiger partial charge in [0.25, 0.3) is 0 Å². The molecule has 0 amide bonds. The number of benzene rings is 2. The van der Waals surface area contributed by atoms with Gasteiger partial charge in [0.1, 0.15) is 6.04 Å². The average Bonchev–Trinajstić information content (AvgIpc) is 3.37. The summed E-state index contributed by atoms with van der Waals surface area (Å²) in [6.45, 7) is 0. The van der Waals surface area contributed by atoms with Gasteiger partial charge in [0.2, 0.25) is 0 Å². The van der Waals surface area contributed by atoms with E-state index >= 15 is 0 Å². The second-order valence-corrected chi connectivity index (χ2v) is 10.2. The summed E-state index contributed by atoms with van der Waals surface area (Å²) in [5.41, 5.74) is 1.02. The van der Waals surface area contributed by atoms with Crippen molar-refractivity contribution >= 4 is 44.8 Å². The van der Waals surface area contributed by atoms with Crippen LogP contribution in [0, 0.1) is 28.1 Å². The lowest BCUT2D eigenvalue weighted by molar-refractivity contribution is 0.0951. The number of hydrogen-bond donors (Lipinski definition) is 0. The summed E-state index contributed by atoms with van der Waals surface area (Å²) in [7, 11) is 0. The molecule has 150 valence electrons. The quantitative estimate of drug-likeness (QED) is 0.439. The Morgan fingerprint density at radius 1 is 1.00 bits per heavy atom. The van der Waals surface area contributed by atoms with E-state index in [9.17, 15) is 15.3 Å². The molecular formula is C25H16BrN3OS. The van der Waals surface area contributed by atoms with Gasteiger partial charge < -0.3 is 4.90 Å². The molecule has 2 aliphatic heterocycles. The van der Waals surface area contributed by atoms with E-state index in [2.05, 4.69) is 28.1 Å². The molecule has 31 heavy (non-hydrogen) atoms. The summed E-state index contributed by atoms with van der Waals surface area (Å²) in [6, 6.07) is 24.2. The van der Waals surface area contributed by atoms with Gasteiger partial charge in [0, 0.05) is 16.1 Å². The number of fused-ring (bicyclic) bond motifs is 3. The Labute approximate surface area is 192 Å². The Morgan fingerprint density at radius 2 is 1.71 bits per heavy atom. The highest BCUT2D eigenvalue weighted by Crippen LogP contribution is 2.56. The molecule has 3 atom stereocenters. The van der Waals surface area contributed by atoms with Crippen molar-refractivity contribution in [2.24, 2.45) is 5.41 Å². The lowest BCUT2D eigenvalue weighted by atomic mass is 9.71. The van der Waals surface area contributed by atoms with Gasteiger partial charge in [-0.15, -0.1) is 11.3 Å². The molecule has 4 nitrogen and oxygen atoms in total. The maximum atomic E-state index is 13.9. The molecule has 0 saturated carbocycles. The topological polar surface area (TPSA) is 67.9 Å². The fraction of sp³-hybridized carbons (Fsp3) is 0.160. The molecule has 0 bridgehead atoms. The fourth-order valence-corrected chi connectivity index (χ4v) is 6.44. The minimum absolute atomic E-state index is 0.0856. The van der Waals surface area contributed by atoms with Crippen LogP contribution >= 0.6 is 27.3 Å². The molecule has 0 spiro atoms. The highest BCUT2D eigenvalue weighted by Gasteiger charge is 2.63. The predicted octanol–water partition coefficient (Wildman–Crippen LogP) is 5.79. The molecule has 6 heteroatoms. The van der Waals surface area contributed by atoms with Crippen LogP contribution in [0.15, 0.2) is 76.6 Å². The smallest absolute Gasteiger partial charge is 0.185 e. The van der Waals surface area contributed by atoms with Gasteiger partial charge in [-0.1, -0.05) is 60.7 Å². The third kappa shape index (κ3) is 2.87. The third-order valence-corrected chi connectivity index (χ3v) is 7.85. The number of para-hydroxylation sites is 1. The highest BCUT2D eigenvalue weighted by molar-refractivity contribution is 9.11. The summed E-state index contributed by atoms with van der Waals surface area (Å²) in [5, 5.41) is 20.7. The molecule has 0 aliphatic carbocycles. The number of hydrogen-bond acceptors (Lipinski definition) is 5. The van der Waals surface area contributed by atoms with Gasteiger partial charge in [-0.2, -0.15) is 10.5 Å². The molecule has 0 radical (unpaired) electrons. The van der Waals surface area contributed by atoms with E-state index in [1.807, 2.05) is 71.6 Å². The van der Waals surface area contributed by atoms with Crippen LogP contribution < -0.4 is 4.90 Å². The van der Waals surface area contributed by atoms with Crippen molar-refractivity contribution in [3.8, 4) is 12.1 Å². The van der Waals surface area contributed by atoms with Crippen LogP contribution in [0.1, 0.15) is 26.7 Å². The molecular weight excluding hydrogens is 470 g/mol. The SMILES string of the molecule is N#CC1(C#N)[C@H](c2ccc(Br)s2)[C@@H](C(=O)c2ccccc2)N2c3ccccc3C=C[C@H]21. The number of rotatable bonds is 3. The minimum Gasteiger partial charge on any atom is -0.351 e. The van der Waals surface area contributed by atoms with Gasteiger partial charge in [-0.05, 0) is 39.7 Å². The number of halogens is 1. The summed E-state index contributed by atoms with van der Waals surface area (Å²) in [5.74, 6) is -0.676. The maximum absolute atomic E-state index is 13.9. The molecule has 0 unspecified atom stereocenters. The highest BCUT2D eigenvalue weighted by atomic mass is 79.9. The third-order valence-electron chi connectivity index (χ3n) is 6.14. The van der Waals surface area contributed by atoms with Crippen LogP contribution in [-0.2, 0) is 0 Å². The number of carbonyl (C=O) groups is 1. The standard InChI is InChI=1S/C25H16BrN3OS/c26-21-13-11-19(31-21)22-23(24(30)17-7-2-1-3-8-17)29-18-9-5-4-6-16(18)10-12-20(29)25(22,14-27)15-28/h1-13,20,22-23H/t20-,22+,23-/m0/s1. The largest absolute Gasteiger partial charge is 0.351 e. The van der Waals surface area contributed by atoms with E-state index in [0.29, 0.717) is 5.56 Å². The first-order valence-electron chi connectivity index (χ1n) is 9.83. The number of thiophene rings is 1. The van der Waals surface area contributed by atoms with E-state index in [4.69, 9.17) is 0 Å². The second-order valence-electron chi connectivity index (χ2n) is 7.66. The Balaban J connectivity index is 1.79. The number of nitrogens with zero attached hydrogens (tertiary/aromatic N) is 3. The van der Waals surface area contributed by atoms with Crippen molar-refractivity contribution in [2.45, 2.75) is 18.0 Å². The normalized spacial score (nSPS) is 22.8. The van der Waals surface area contributed by atoms with Crippen LogP contribution in [-0.4, -0.2) is 17.9 Å². The van der Waals surface area contributed by atoms with E-state index in [1.165, 1.54) is 11.3 Å². The lowest BCUT2D eigenvalue weighted by Crippen LogP contribution is -2.44. The number of carbonyl (C=O) groups excluding carboxylic acids is 1. The van der Waals surface area contributed by atoms with E-state index in [0.717, 1.165) is 19.9 Å². The van der Waals surface area contributed by atoms with E-state index in [-0.39, 0.29) is 5.78 Å². The second kappa shape index (κ2) is 7.50. The fourth-order valence-electron chi connectivity index (χ4n) is 4.81. The van der Waals surface area contributed by atoms with Crippen LogP contribution in [0.3, 0.4) is 0 Å². The summed E-state index contributed by atoms with van der Waals surface area (Å²) in [6.07, 6.45) is 3.86. The predicted molar refractivity (Wildman–Crippen MR) is 125 cm³/mol. The van der Waals surface area contributed by atoms with Crippen LogP contribution in [0.25, 0.3) is 6.08 Å². The van der Waals surface area contributed by atoms with Gasteiger partial charge in [0.05, 0.1) is 27.9 Å². The number of nitriles is 2. The Hall–Kier alpha value is -3.19. The molecule has 3 heterocycles. The number of ketones is 1. The molecule has 1 aromatic heterocycles. The number of anilines is 1. The van der Waals surface area contributed by atoms with Crippen molar-refractivity contribution in [2.75, 3.05) is 4.90 Å². The van der Waals surface area contributed by atoms with Crippen molar-refractivity contribution in [3.63, 3.8) is 0 Å². The zero-order valence-corrected chi connectivity index (χ0v) is 18.7. The summed E-state index contributed by atoms with van der Waals surface area (Å²) < 4.78 is 0.902. The molecule has 1 fully saturated rings. The molecule has 2 aromatic carbocycles. The van der Waals surface area contributed by atoms with E-state index in [1.54, 1.807) is 12.1 Å². The first-order valence-corrected chi connectivity index (χ1v) is 11.4. The Kier molecular flexibility index (Phi) is 4.78. The van der Waals surface area contributed by atoms with Crippen molar-refractivity contribution in [3.05, 3.63) is 92.6 Å². The van der Waals surface area contributed by atoms with Crippen molar-refractivity contribution < 1.29 is 4.79 Å². The molecule has 3 aromatic rings. The zero-order valence-electron chi connectivity index (χ0n) is 16.3. The monoisotopic (exact) mass is 485 g/mol. The average molecular weight is 486 g/mol. The molecule has 2 aliphatic rings. The number of Topliss-reactive ketones (excluding diaryl/α,β-unsaturated/α-hetero) is 1. The van der Waals surface area contributed by atoms with Gasteiger partial charge in [-0.25, -0.2) is 0 Å². The van der Waals surface area contributed by atoms with Crippen molar-refractivity contribution in [1.29, 1.82) is 10.5 Å². The first kappa shape index (κ1) is 19.8. The molecule has 0 N–H and O–H groups in total. The molecule has 5 rings (SSSR count).